The summed E-state index contributed by atoms with van der Waals surface area (Å²) in [7, 11) is 0. The number of nitrogens with zero attached hydrogens (tertiary/aromatic N) is 4. The first-order valence-electron chi connectivity index (χ1n) is 4.65. The lowest BCUT2D eigenvalue weighted by molar-refractivity contribution is 0.471. The summed E-state index contributed by atoms with van der Waals surface area (Å²) in [6, 6.07) is 0.241. The molecule has 2 aromatic heterocycles. The summed E-state index contributed by atoms with van der Waals surface area (Å²) in [5, 5.41) is 19.2. The van der Waals surface area contributed by atoms with Crippen molar-refractivity contribution in [1.29, 1.82) is 0 Å². The normalized spacial score (nSPS) is 15.1. The van der Waals surface area contributed by atoms with Gasteiger partial charge >= 0.3 is 0 Å². The SMILES string of the molecule is CC(NC(C)c1nn[nH]n1)c1cscn1. The minimum atomic E-state index is 0.0560. The number of aromatic amines is 1. The topological polar surface area (TPSA) is 79.4 Å². The van der Waals surface area contributed by atoms with Crippen molar-refractivity contribution in [1.82, 2.24) is 30.9 Å². The predicted octanol–water partition coefficient (Wildman–Crippen LogP) is 1.07. The highest BCUT2D eigenvalue weighted by Gasteiger charge is 2.15. The van der Waals surface area contributed by atoms with Gasteiger partial charge in [-0.05, 0) is 13.8 Å². The molecule has 2 heterocycles. The van der Waals surface area contributed by atoms with Gasteiger partial charge in [0, 0.05) is 11.4 Å². The standard InChI is InChI=1S/C8H12N6S/c1-5(7-3-15-4-9-7)10-6(2)8-11-13-14-12-8/h3-6,10H,1-2H3,(H,11,12,13,14). The van der Waals surface area contributed by atoms with Gasteiger partial charge in [0.2, 0.25) is 0 Å². The van der Waals surface area contributed by atoms with Crippen LogP contribution in [0.5, 0.6) is 0 Å². The van der Waals surface area contributed by atoms with E-state index >= 15 is 0 Å². The summed E-state index contributed by atoms with van der Waals surface area (Å²) in [4.78, 5) is 4.24. The van der Waals surface area contributed by atoms with Crippen LogP contribution in [0.4, 0.5) is 0 Å². The van der Waals surface area contributed by atoms with E-state index in [1.807, 2.05) is 17.8 Å². The highest BCUT2D eigenvalue weighted by molar-refractivity contribution is 7.07. The molecule has 2 unspecified atom stereocenters. The van der Waals surface area contributed by atoms with E-state index in [0.29, 0.717) is 5.82 Å². The summed E-state index contributed by atoms with van der Waals surface area (Å²) < 4.78 is 0. The van der Waals surface area contributed by atoms with E-state index in [9.17, 15) is 0 Å². The first kappa shape index (κ1) is 10.2. The smallest absolute Gasteiger partial charge is 0.191 e. The molecule has 80 valence electrons. The van der Waals surface area contributed by atoms with Crippen LogP contribution in [-0.2, 0) is 0 Å². The van der Waals surface area contributed by atoms with Crippen molar-refractivity contribution in [3.05, 3.63) is 22.4 Å². The Morgan fingerprint density at radius 3 is 2.87 bits per heavy atom. The van der Waals surface area contributed by atoms with Gasteiger partial charge in [-0.1, -0.05) is 5.21 Å². The maximum Gasteiger partial charge on any atom is 0.191 e. The van der Waals surface area contributed by atoms with Crippen molar-refractivity contribution in [2.75, 3.05) is 0 Å². The number of tetrazole rings is 1. The second-order valence-corrected chi connectivity index (χ2v) is 4.01. The third kappa shape index (κ3) is 2.37. The number of hydrogen-bond donors (Lipinski definition) is 2. The number of H-pyrrole nitrogens is 1. The minimum Gasteiger partial charge on any atom is -0.299 e. The molecule has 0 radical (unpaired) electrons. The Morgan fingerprint density at radius 1 is 1.40 bits per heavy atom. The Morgan fingerprint density at radius 2 is 2.27 bits per heavy atom. The molecule has 0 aliphatic rings. The highest BCUT2D eigenvalue weighted by atomic mass is 32.1. The van der Waals surface area contributed by atoms with Crippen molar-refractivity contribution in [3.8, 4) is 0 Å². The molecule has 0 fully saturated rings. The van der Waals surface area contributed by atoms with Gasteiger partial charge in [-0.25, -0.2) is 4.98 Å². The molecule has 0 amide bonds. The molecule has 2 atom stereocenters. The average Bonchev–Trinajstić information content (AvgIpc) is 2.91. The van der Waals surface area contributed by atoms with Gasteiger partial charge in [0.15, 0.2) is 5.82 Å². The number of hydrogen-bond acceptors (Lipinski definition) is 6. The summed E-state index contributed by atoms with van der Waals surface area (Å²) in [5.41, 5.74) is 2.86. The quantitative estimate of drug-likeness (QED) is 0.812. The Hall–Kier alpha value is -1.34. The van der Waals surface area contributed by atoms with Crippen LogP contribution >= 0.6 is 11.3 Å². The minimum absolute atomic E-state index is 0.0560. The van der Waals surface area contributed by atoms with Crippen LogP contribution in [0.15, 0.2) is 10.9 Å². The molecule has 0 saturated heterocycles. The maximum absolute atomic E-state index is 4.24. The van der Waals surface area contributed by atoms with Gasteiger partial charge in [0.25, 0.3) is 0 Å². The van der Waals surface area contributed by atoms with Crippen LogP contribution in [0.2, 0.25) is 0 Å². The number of nitrogens with one attached hydrogen (secondary N) is 2. The molecule has 0 aliphatic heterocycles. The Labute approximate surface area is 91.1 Å². The van der Waals surface area contributed by atoms with E-state index in [2.05, 4.69) is 37.8 Å². The third-order valence-corrected chi connectivity index (χ3v) is 2.75. The molecule has 15 heavy (non-hydrogen) atoms. The average molecular weight is 224 g/mol. The monoisotopic (exact) mass is 224 g/mol. The fraction of sp³-hybridized carbons (Fsp3) is 0.500. The van der Waals surface area contributed by atoms with E-state index in [4.69, 9.17) is 0 Å². The second kappa shape index (κ2) is 4.45. The lowest BCUT2D eigenvalue weighted by atomic mass is 10.2. The number of aromatic nitrogens is 5. The van der Waals surface area contributed by atoms with Crippen molar-refractivity contribution >= 4 is 11.3 Å². The summed E-state index contributed by atoms with van der Waals surface area (Å²) in [6.07, 6.45) is 0. The van der Waals surface area contributed by atoms with Crippen LogP contribution < -0.4 is 5.32 Å². The zero-order valence-electron chi connectivity index (χ0n) is 8.51. The second-order valence-electron chi connectivity index (χ2n) is 3.29. The van der Waals surface area contributed by atoms with E-state index in [0.717, 1.165) is 5.69 Å². The molecular formula is C8H12N6S. The van der Waals surface area contributed by atoms with Crippen molar-refractivity contribution in [3.63, 3.8) is 0 Å². The van der Waals surface area contributed by atoms with E-state index in [-0.39, 0.29) is 12.1 Å². The first-order chi connectivity index (χ1) is 7.27. The molecule has 7 heteroatoms. The molecule has 0 bridgehead atoms. The van der Waals surface area contributed by atoms with E-state index in [1.54, 1.807) is 11.3 Å². The molecule has 2 rings (SSSR count). The van der Waals surface area contributed by atoms with Gasteiger partial charge in [-0.15, -0.1) is 21.5 Å². The molecular weight excluding hydrogens is 212 g/mol. The molecule has 0 saturated carbocycles. The lowest BCUT2D eigenvalue weighted by Gasteiger charge is -2.15. The Kier molecular flexibility index (Phi) is 3.02. The van der Waals surface area contributed by atoms with Gasteiger partial charge in [0.1, 0.15) is 0 Å². The lowest BCUT2D eigenvalue weighted by Crippen LogP contribution is -2.23. The molecule has 2 aromatic rings. The summed E-state index contributed by atoms with van der Waals surface area (Å²) in [5.74, 6) is 0.664. The zero-order valence-corrected chi connectivity index (χ0v) is 9.32. The number of thiazole rings is 1. The van der Waals surface area contributed by atoms with Crippen molar-refractivity contribution in [2.24, 2.45) is 0 Å². The Balaban J connectivity index is 1.98. The van der Waals surface area contributed by atoms with Gasteiger partial charge in [0.05, 0.1) is 17.2 Å². The fourth-order valence-corrected chi connectivity index (χ4v) is 1.97. The largest absolute Gasteiger partial charge is 0.299 e. The zero-order chi connectivity index (χ0) is 10.7. The maximum atomic E-state index is 4.24. The van der Waals surface area contributed by atoms with Crippen LogP contribution in [0, 0.1) is 0 Å². The molecule has 2 N–H and O–H groups in total. The van der Waals surface area contributed by atoms with Crippen LogP contribution in [0.3, 0.4) is 0 Å². The van der Waals surface area contributed by atoms with Gasteiger partial charge in [-0.2, -0.15) is 5.21 Å². The predicted molar refractivity (Wildman–Crippen MR) is 56.3 cm³/mol. The van der Waals surface area contributed by atoms with Crippen LogP contribution in [0.25, 0.3) is 0 Å². The molecule has 0 spiro atoms. The van der Waals surface area contributed by atoms with Gasteiger partial charge < -0.3 is 0 Å². The molecule has 0 aliphatic carbocycles. The van der Waals surface area contributed by atoms with Crippen LogP contribution in [0.1, 0.15) is 37.4 Å². The molecule has 6 nitrogen and oxygen atoms in total. The van der Waals surface area contributed by atoms with Gasteiger partial charge in [-0.3, -0.25) is 5.32 Å². The molecule has 0 aromatic carbocycles. The van der Waals surface area contributed by atoms with E-state index < -0.39 is 0 Å². The van der Waals surface area contributed by atoms with E-state index in [1.165, 1.54) is 0 Å². The summed E-state index contributed by atoms with van der Waals surface area (Å²) >= 11 is 1.59. The fourth-order valence-electron chi connectivity index (χ4n) is 1.32. The first-order valence-corrected chi connectivity index (χ1v) is 5.59. The highest BCUT2D eigenvalue weighted by Crippen LogP contribution is 2.16. The number of rotatable bonds is 4. The van der Waals surface area contributed by atoms with Crippen molar-refractivity contribution in [2.45, 2.75) is 25.9 Å². The van der Waals surface area contributed by atoms with Crippen molar-refractivity contribution < 1.29 is 0 Å². The Bertz CT molecular complexity index is 345. The summed E-state index contributed by atoms with van der Waals surface area (Å²) in [6.45, 7) is 4.05. The van der Waals surface area contributed by atoms with Crippen LogP contribution in [-0.4, -0.2) is 25.6 Å². The third-order valence-electron chi connectivity index (χ3n) is 2.14.